The smallest absolute Gasteiger partial charge is 0.242 e. The second kappa shape index (κ2) is 12.9. The van der Waals surface area contributed by atoms with Crippen molar-refractivity contribution in [3.05, 3.63) is 68.7 Å². The van der Waals surface area contributed by atoms with E-state index in [1.165, 1.54) is 23.1 Å². The first-order chi connectivity index (χ1) is 16.2. The highest BCUT2D eigenvalue weighted by Gasteiger charge is 2.28. The van der Waals surface area contributed by atoms with Crippen molar-refractivity contribution in [2.45, 2.75) is 77.3 Å². The normalized spacial score (nSPS) is 15.1. The summed E-state index contributed by atoms with van der Waals surface area (Å²) in [7, 11) is 0. The zero-order valence-corrected chi connectivity index (χ0v) is 22.5. The van der Waals surface area contributed by atoms with Crippen LogP contribution < -0.4 is 5.32 Å². The summed E-state index contributed by atoms with van der Waals surface area (Å²) in [5, 5.41) is 4.08. The molecule has 2 aromatic rings. The quantitative estimate of drug-likeness (QED) is 0.399. The molecule has 3 rings (SSSR count). The van der Waals surface area contributed by atoms with E-state index in [4.69, 9.17) is 23.2 Å². The van der Waals surface area contributed by atoms with E-state index < -0.39 is 6.04 Å². The van der Waals surface area contributed by atoms with Gasteiger partial charge in [0, 0.05) is 18.3 Å². The highest BCUT2D eigenvalue weighted by molar-refractivity contribution is 7.99. The molecule has 0 aliphatic heterocycles. The topological polar surface area (TPSA) is 49.4 Å². The number of benzene rings is 2. The molecule has 0 aromatic heterocycles. The first-order valence-electron chi connectivity index (χ1n) is 11.9. The van der Waals surface area contributed by atoms with Crippen LogP contribution in [0.4, 0.5) is 0 Å². The second-order valence-electron chi connectivity index (χ2n) is 9.28. The van der Waals surface area contributed by atoms with Crippen molar-refractivity contribution in [2.75, 3.05) is 5.75 Å². The van der Waals surface area contributed by atoms with Gasteiger partial charge in [-0.25, -0.2) is 0 Å². The van der Waals surface area contributed by atoms with Crippen LogP contribution in [-0.2, 0) is 21.9 Å². The number of thioether (sulfide) groups is 1. The minimum Gasteiger partial charge on any atom is -0.352 e. The Morgan fingerprint density at radius 2 is 1.68 bits per heavy atom. The third-order valence-electron chi connectivity index (χ3n) is 6.23. The number of hydrogen-bond donors (Lipinski definition) is 1. The van der Waals surface area contributed by atoms with Crippen molar-refractivity contribution in [2.24, 2.45) is 0 Å². The summed E-state index contributed by atoms with van der Waals surface area (Å²) >= 11 is 13.8. The predicted molar refractivity (Wildman–Crippen MR) is 144 cm³/mol. The van der Waals surface area contributed by atoms with E-state index in [0.29, 0.717) is 22.3 Å². The van der Waals surface area contributed by atoms with Gasteiger partial charge in [0.15, 0.2) is 0 Å². The molecule has 34 heavy (non-hydrogen) atoms. The minimum atomic E-state index is -0.578. The van der Waals surface area contributed by atoms with Crippen molar-refractivity contribution >= 4 is 46.8 Å². The van der Waals surface area contributed by atoms with Crippen LogP contribution in [0.3, 0.4) is 0 Å². The molecule has 1 aliphatic rings. The lowest BCUT2D eigenvalue weighted by molar-refractivity contribution is -0.139. The lowest BCUT2D eigenvalue weighted by atomic mass is 9.95. The zero-order valence-electron chi connectivity index (χ0n) is 20.2. The highest BCUT2D eigenvalue weighted by atomic mass is 35.5. The fourth-order valence-electron chi connectivity index (χ4n) is 4.48. The van der Waals surface area contributed by atoms with Gasteiger partial charge >= 0.3 is 0 Å². The van der Waals surface area contributed by atoms with Crippen LogP contribution in [0.15, 0.2) is 36.4 Å². The van der Waals surface area contributed by atoms with Gasteiger partial charge in [0.2, 0.25) is 11.8 Å². The van der Waals surface area contributed by atoms with Gasteiger partial charge < -0.3 is 10.2 Å². The molecule has 0 heterocycles. The van der Waals surface area contributed by atoms with Gasteiger partial charge in [-0.2, -0.15) is 0 Å². The Hall–Kier alpha value is -1.69. The number of carbonyl (C=O) groups excluding carboxylic acids is 2. The van der Waals surface area contributed by atoms with Gasteiger partial charge in [0.1, 0.15) is 6.04 Å². The molecule has 0 spiro atoms. The number of nitrogens with zero attached hydrogens (tertiary/aromatic N) is 1. The van der Waals surface area contributed by atoms with Crippen molar-refractivity contribution < 1.29 is 9.59 Å². The molecule has 1 aliphatic carbocycles. The number of amides is 2. The molecule has 0 radical (unpaired) electrons. The van der Waals surface area contributed by atoms with E-state index in [-0.39, 0.29) is 17.9 Å². The third-order valence-corrected chi connectivity index (χ3v) is 7.96. The molecule has 184 valence electrons. The van der Waals surface area contributed by atoms with Gasteiger partial charge in [-0.3, -0.25) is 9.59 Å². The monoisotopic (exact) mass is 520 g/mol. The van der Waals surface area contributed by atoms with E-state index in [0.717, 1.165) is 37.0 Å². The van der Waals surface area contributed by atoms with Crippen LogP contribution in [0, 0.1) is 13.8 Å². The summed E-state index contributed by atoms with van der Waals surface area (Å²) in [4.78, 5) is 28.1. The second-order valence-corrected chi connectivity index (χ2v) is 11.1. The van der Waals surface area contributed by atoms with Gasteiger partial charge in [-0.05, 0) is 56.9 Å². The highest BCUT2D eigenvalue weighted by Crippen LogP contribution is 2.25. The summed E-state index contributed by atoms with van der Waals surface area (Å²) in [5.74, 6) is 0.888. The van der Waals surface area contributed by atoms with Crippen LogP contribution in [0.5, 0.6) is 0 Å². The first-order valence-corrected chi connectivity index (χ1v) is 13.8. The predicted octanol–water partition coefficient (Wildman–Crippen LogP) is 6.71. The Balaban J connectivity index is 1.69. The van der Waals surface area contributed by atoms with Gasteiger partial charge in [0.25, 0.3) is 0 Å². The number of halogens is 2. The van der Waals surface area contributed by atoms with Crippen LogP contribution in [-0.4, -0.2) is 34.6 Å². The van der Waals surface area contributed by atoms with Crippen LogP contribution in [0.2, 0.25) is 10.0 Å². The Bertz CT molecular complexity index is 988. The van der Waals surface area contributed by atoms with Crippen LogP contribution in [0.1, 0.15) is 61.3 Å². The standard InChI is InChI=1S/C27H34Cl2N2O2S/c1-18-11-19(2)13-22(12-18)16-34-17-26(32)31(15-21-9-10-24(28)25(29)14-21)20(3)27(33)30-23-7-5-4-6-8-23/h9-14,20,23H,4-8,15-17H2,1-3H3,(H,30,33)/t20-/m1/s1. The van der Waals surface area contributed by atoms with Crippen LogP contribution in [0.25, 0.3) is 0 Å². The molecular weight excluding hydrogens is 487 g/mol. The molecule has 0 bridgehead atoms. The number of nitrogens with one attached hydrogen (secondary N) is 1. The Morgan fingerprint density at radius 1 is 1.00 bits per heavy atom. The molecule has 0 saturated heterocycles. The molecule has 0 unspecified atom stereocenters. The zero-order chi connectivity index (χ0) is 24.7. The lowest BCUT2D eigenvalue weighted by Gasteiger charge is -2.31. The first kappa shape index (κ1) is 26.9. The SMILES string of the molecule is Cc1cc(C)cc(CSCC(=O)N(Cc2ccc(Cl)c(Cl)c2)[C@H](C)C(=O)NC2CCCCC2)c1. The fraction of sp³-hybridized carbons (Fsp3) is 0.481. The number of aryl methyl sites for hydroxylation is 2. The van der Waals surface area contributed by atoms with Crippen molar-refractivity contribution in [1.29, 1.82) is 0 Å². The van der Waals surface area contributed by atoms with Gasteiger partial charge in [0.05, 0.1) is 15.8 Å². The lowest BCUT2D eigenvalue weighted by Crippen LogP contribution is -2.50. The van der Waals surface area contributed by atoms with Gasteiger partial charge in [-0.1, -0.05) is 77.9 Å². The maximum atomic E-state index is 13.3. The van der Waals surface area contributed by atoms with E-state index in [1.807, 2.05) is 13.0 Å². The average Bonchev–Trinajstić information content (AvgIpc) is 2.79. The number of hydrogen-bond acceptors (Lipinski definition) is 3. The molecule has 4 nitrogen and oxygen atoms in total. The van der Waals surface area contributed by atoms with E-state index in [2.05, 4.69) is 37.4 Å². The van der Waals surface area contributed by atoms with E-state index in [9.17, 15) is 9.59 Å². The summed E-state index contributed by atoms with van der Waals surface area (Å²) in [6.45, 7) is 6.27. The molecule has 7 heteroatoms. The Morgan fingerprint density at radius 3 is 2.32 bits per heavy atom. The van der Waals surface area contributed by atoms with E-state index in [1.54, 1.807) is 28.8 Å². The van der Waals surface area contributed by atoms with Crippen molar-refractivity contribution in [3.63, 3.8) is 0 Å². The Labute approximate surface area is 217 Å². The molecule has 1 atom stereocenters. The number of rotatable bonds is 9. The Kier molecular flexibility index (Phi) is 10.2. The molecule has 1 saturated carbocycles. The van der Waals surface area contributed by atoms with Crippen molar-refractivity contribution in [1.82, 2.24) is 10.2 Å². The summed E-state index contributed by atoms with van der Waals surface area (Å²) < 4.78 is 0. The molecule has 1 fully saturated rings. The summed E-state index contributed by atoms with van der Waals surface area (Å²) in [6.07, 6.45) is 5.51. The van der Waals surface area contributed by atoms with Crippen LogP contribution >= 0.6 is 35.0 Å². The molecule has 1 N–H and O–H groups in total. The minimum absolute atomic E-state index is 0.0632. The number of carbonyl (C=O) groups is 2. The summed E-state index contributed by atoms with van der Waals surface area (Å²) in [5.41, 5.74) is 4.49. The molecule has 2 amide bonds. The maximum absolute atomic E-state index is 13.3. The average molecular weight is 522 g/mol. The molecule has 2 aromatic carbocycles. The summed E-state index contributed by atoms with van der Waals surface area (Å²) in [6, 6.07) is 11.4. The molecular formula is C27H34Cl2N2O2S. The largest absolute Gasteiger partial charge is 0.352 e. The van der Waals surface area contributed by atoms with E-state index >= 15 is 0 Å². The third kappa shape index (κ3) is 7.93. The fourth-order valence-corrected chi connectivity index (χ4v) is 5.64. The van der Waals surface area contributed by atoms with Gasteiger partial charge in [-0.15, -0.1) is 11.8 Å². The van der Waals surface area contributed by atoms with Crippen molar-refractivity contribution in [3.8, 4) is 0 Å². The maximum Gasteiger partial charge on any atom is 0.242 e.